The maximum atomic E-state index is 12.1. The molecule has 1 aromatic carbocycles. The fraction of sp³-hybridized carbons (Fsp3) is 0.267. The Kier molecular flexibility index (Phi) is 5.98. The Balaban J connectivity index is 2.02. The second-order valence-corrected chi connectivity index (χ2v) is 5.50. The largest absolute Gasteiger partial charge is 0.354 e. The first-order valence-corrected chi connectivity index (χ1v) is 7.68. The number of aromatic nitrogens is 2. The number of carbonyl (C=O) groups is 1. The first kappa shape index (κ1) is 16.5. The minimum absolute atomic E-state index is 0.343. The summed E-state index contributed by atoms with van der Waals surface area (Å²) in [5.41, 5.74) is 0.793. The van der Waals surface area contributed by atoms with Gasteiger partial charge in [0.25, 0.3) is 5.91 Å². The molecule has 0 radical (unpaired) electrons. The zero-order chi connectivity index (χ0) is 15.9. The van der Waals surface area contributed by atoms with E-state index in [1.165, 1.54) is 12.4 Å². The lowest BCUT2D eigenvalue weighted by atomic mass is 10.2. The second kappa shape index (κ2) is 7.96. The molecule has 0 aliphatic carbocycles. The molecule has 116 valence electrons. The highest BCUT2D eigenvalue weighted by Gasteiger charge is 2.10. The van der Waals surface area contributed by atoms with Gasteiger partial charge in [0.2, 0.25) is 5.95 Å². The molecular weight excluding hydrogens is 323 g/mol. The number of halogens is 2. The fourth-order valence-corrected chi connectivity index (χ4v) is 2.04. The summed E-state index contributed by atoms with van der Waals surface area (Å²) in [6.45, 7) is 2.91. The molecular formula is C15H16Cl2N4O. The van der Waals surface area contributed by atoms with Gasteiger partial charge in [-0.05, 0) is 24.6 Å². The van der Waals surface area contributed by atoms with E-state index in [2.05, 4.69) is 27.5 Å². The summed E-state index contributed by atoms with van der Waals surface area (Å²) in [6, 6.07) is 4.86. The Morgan fingerprint density at radius 1 is 1.23 bits per heavy atom. The van der Waals surface area contributed by atoms with Crippen molar-refractivity contribution >= 4 is 40.7 Å². The van der Waals surface area contributed by atoms with Gasteiger partial charge in [-0.1, -0.05) is 36.5 Å². The molecule has 0 fully saturated rings. The van der Waals surface area contributed by atoms with E-state index in [1.54, 1.807) is 18.2 Å². The molecule has 0 unspecified atom stereocenters. The van der Waals surface area contributed by atoms with Crippen molar-refractivity contribution < 1.29 is 4.79 Å². The normalized spacial score (nSPS) is 10.3. The quantitative estimate of drug-likeness (QED) is 0.772. The van der Waals surface area contributed by atoms with Crippen LogP contribution in [0.4, 0.5) is 11.6 Å². The van der Waals surface area contributed by atoms with Gasteiger partial charge in [0.05, 0.1) is 16.3 Å². The molecule has 2 aromatic rings. The maximum Gasteiger partial charge on any atom is 0.258 e. The maximum absolute atomic E-state index is 12.1. The number of nitrogens with one attached hydrogen (secondary N) is 2. The van der Waals surface area contributed by atoms with Crippen LogP contribution in [0.3, 0.4) is 0 Å². The van der Waals surface area contributed by atoms with E-state index in [0.717, 1.165) is 19.4 Å². The molecule has 1 amide bonds. The summed E-state index contributed by atoms with van der Waals surface area (Å²) < 4.78 is 0. The van der Waals surface area contributed by atoms with Crippen molar-refractivity contribution in [2.45, 2.75) is 19.8 Å². The fourth-order valence-electron chi connectivity index (χ4n) is 1.70. The van der Waals surface area contributed by atoms with Gasteiger partial charge in [-0.15, -0.1) is 0 Å². The van der Waals surface area contributed by atoms with Gasteiger partial charge in [0, 0.05) is 24.0 Å². The highest BCUT2D eigenvalue weighted by molar-refractivity contribution is 6.35. The summed E-state index contributed by atoms with van der Waals surface area (Å²) in [6.07, 6.45) is 5.07. The zero-order valence-electron chi connectivity index (χ0n) is 12.1. The Morgan fingerprint density at radius 3 is 2.64 bits per heavy atom. The van der Waals surface area contributed by atoms with Crippen LogP contribution in [-0.2, 0) is 0 Å². The first-order chi connectivity index (χ1) is 10.6. The summed E-state index contributed by atoms with van der Waals surface area (Å²) >= 11 is 11.9. The molecule has 0 aliphatic rings. The zero-order valence-corrected chi connectivity index (χ0v) is 13.6. The van der Waals surface area contributed by atoms with Crippen LogP contribution < -0.4 is 10.6 Å². The van der Waals surface area contributed by atoms with Gasteiger partial charge in [-0.3, -0.25) is 4.79 Å². The van der Waals surface area contributed by atoms with E-state index in [0.29, 0.717) is 27.2 Å². The minimum Gasteiger partial charge on any atom is -0.354 e. The van der Waals surface area contributed by atoms with Crippen LogP contribution >= 0.6 is 23.2 Å². The van der Waals surface area contributed by atoms with Crippen molar-refractivity contribution in [3.8, 4) is 0 Å². The molecule has 22 heavy (non-hydrogen) atoms. The Labute approximate surface area is 139 Å². The highest BCUT2D eigenvalue weighted by atomic mass is 35.5. The number of hydrogen-bond donors (Lipinski definition) is 2. The second-order valence-electron chi connectivity index (χ2n) is 4.65. The monoisotopic (exact) mass is 338 g/mol. The van der Waals surface area contributed by atoms with Crippen LogP contribution in [0.25, 0.3) is 0 Å². The van der Waals surface area contributed by atoms with Gasteiger partial charge < -0.3 is 10.6 Å². The molecule has 2 rings (SSSR count). The summed E-state index contributed by atoms with van der Waals surface area (Å²) in [4.78, 5) is 20.4. The molecule has 0 saturated heterocycles. The molecule has 5 nitrogen and oxygen atoms in total. The average molecular weight is 339 g/mol. The molecule has 7 heteroatoms. The number of nitrogens with zero attached hydrogens (tertiary/aromatic N) is 2. The third-order valence-electron chi connectivity index (χ3n) is 2.90. The van der Waals surface area contributed by atoms with Crippen molar-refractivity contribution in [3.05, 3.63) is 46.2 Å². The Bertz CT molecular complexity index is 646. The van der Waals surface area contributed by atoms with Crippen molar-refractivity contribution in [1.29, 1.82) is 0 Å². The summed E-state index contributed by atoms with van der Waals surface area (Å²) in [5, 5.41) is 6.67. The molecule has 0 spiro atoms. The average Bonchev–Trinajstić information content (AvgIpc) is 2.52. The van der Waals surface area contributed by atoms with E-state index in [-0.39, 0.29) is 5.91 Å². The topological polar surface area (TPSA) is 66.9 Å². The van der Waals surface area contributed by atoms with Crippen molar-refractivity contribution in [2.24, 2.45) is 0 Å². The van der Waals surface area contributed by atoms with Crippen molar-refractivity contribution in [3.63, 3.8) is 0 Å². The smallest absolute Gasteiger partial charge is 0.258 e. The predicted octanol–water partition coefficient (Wildman–Crippen LogP) is 4.25. The summed E-state index contributed by atoms with van der Waals surface area (Å²) in [5.74, 6) is 0.162. The standard InChI is InChI=1S/C15H16Cl2N4O/c1-2-3-6-18-15-19-8-10(9-20-15)14(22)21-13-7-11(16)4-5-12(13)17/h4-5,7-9H,2-3,6H2,1H3,(H,21,22)(H,18,19,20). The number of amides is 1. The van der Waals surface area contributed by atoms with Gasteiger partial charge in [0.15, 0.2) is 0 Å². The van der Waals surface area contributed by atoms with Crippen molar-refractivity contribution in [2.75, 3.05) is 17.2 Å². The van der Waals surface area contributed by atoms with Crippen LogP contribution in [0, 0.1) is 0 Å². The Morgan fingerprint density at radius 2 is 1.95 bits per heavy atom. The molecule has 0 bridgehead atoms. The third-order valence-corrected chi connectivity index (χ3v) is 3.47. The molecule has 0 atom stereocenters. The minimum atomic E-state index is -0.343. The molecule has 0 saturated carbocycles. The van der Waals surface area contributed by atoms with Gasteiger partial charge >= 0.3 is 0 Å². The molecule has 0 aliphatic heterocycles. The molecule has 1 heterocycles. The van der Waals surface area contributed by atoms with Gasteiger partial charge in [-0.2, -0.15) is 0 Å². The van der Waals surface area contributed by atoms with Crippen LogP contribution in [0.15, 0.2) is 30.6 Å². The van der Waals surface area contributed by atoms with Crippen LogP contribution in [0.5, 0.6) is 0 Å². The number of carbonyl (C=O) groups excluding carboxylic acids is 1. The SMILES string of the molecule is CCCCNc1ncc(C(=O)Nc2cc(Cl)ccc2Cl)cn1. The number of unbranched alkanes of at least 4 members (excludes halogenated alkanes) is 1. The van der Waals surface area contributed by atoms with E-state index in [4.69, 9.17) is 23.2 Å². The number of benzene rings is 1. The van der Waals surface area contributed by atoms with Crippen LogP contribution in [-0.4, -0.2) is 22.4 Å². The lowest BCUT2D eigenvalue weighted by Gasteiger charge is -2.08. The van der Waals surface area contributed by atoms with Gasteiger partial charge in [0.1, 0.15) is 0 Å². The van der Waals surface area contributed by atoms with E-state index in [9.17, 15) is 4.79 Å². The highest BCUT2D eigenvalue weighted by Crippen LogP contribution is 2.25. The molecule has 2 N–H and O–H groups in total. The van der Waals surface area contributed by atoms with E-state index >= 15 is 0 Å². The molecule has 1 aromatic heterocycles. The Hall–Kier alpha value is -1.85. The summed E-state index contributed by atoms with van der Waals surface area (Å²) in [7, 11) is 0. The van der Waals surface area contributed by atoms with Crippen LogP contribution in [0.1, 0.15) is 30.1 Å². The van der Waals surface area contributed by atoms with E-state index < -0.39 is 0 Å². The number of rotatable bonds is 6. The van der Waals surface area contributed by atoms with Crippen molar-refractivity contribution in [1.82, 2.24) is 9.97 Å². The lowest BCUT2D eigenvalue weighted by Crippen LogP contribution is -2.14. The lowest BCUT2D eigenvalue weighted by molar-refractivity contribution is 0.102. The predicted molar refractivity (Wildman–Crippen MR) is 89.8 cm³/mol. The first-order valence-electron chi connectivity index (χ1n) is 6.92. The number of anilines is 2. The van der Waals surface area contributed by atoms with Gasteiger partial charge in [-0.25, -0.2) is 9.97 Å². The van der Waals surface area contributed by atoms with Crippen LogP contribution in [0.2, 0.25) is 10.0 Å². The number of hydrogen-bond acceptors (Lipinski definition) is 4. The van der Waals surface area contributed by atoms with E-state index in [1.807, 2.05) is 0 Å². The third kappa shape index (κ3) is 4.58.